The number of rotatable bonds is 4. The van der Waals surface area contributed by atoms with E-state index in [9.17, 15) is 9.90 Å². The second-order valence-corrected chi connectivity index (χ2v) is 6.61. The molecule has 0 aromatic heterocycles. The SMILES string of the molecule is O=C(CSc1ccc(Cl)cc1)NC1CCCCCC1O. The van der Waals surface area contributed by atoms with Crippen LogP contribution in [0.4, 0.5) is 0 Å². The molecule has 2 atom stereocenters. The molecule has 0 bridgehead atoms. The molecule has 1 fully saturated rings. The van der Waals surface area contributed by atoms with E-state index in [-0.39, 0.29) is 11.9 Å². The van der Waals surface area contributed by atoms with Gasteiger partial charge in [-0.2, -0.15) is 0 Å². The molecule has 2 N–H and O–H groups in total. The zero-order valence-corrected chi connectivity index (χ0v) is 12.9. The van der Waals surface area contributed by atoms with Crippen molar-refractivity contribution in [3.63, 3.8) is 0 Å². The Bertz CT molecular complexity index is 438. The van der Waals surface area contributed by atoms with Crippen LogP contribution in [-0.4, -0.2) is 28.9 Å². The summed E-state index contributed by atoms with van der Waals surface area (Å²) in [5.74, 6) is 0.348. The number of hydrogen-bond acceptors (Lipinski definition) is 3. The summed E-state index contributed by atoms with van der Waals surface area (Å²) in [5, 5.41) is 13.6. The Labute approximate surface area is 129 Å². The molecule has 0 saturated heterocycles. The van der Waals surface area contributed by atoms with E-state index in [0.717, 1.165) is 37.0 Å². The fourth-order valence-electron chi connectivity index (χ4n) is 2.38. The van der Waals surface area contributed by atoms with Crippen molar-refractivity contribution in [2.24, 2.45) is 0 Å². The molecule has 5 heteroatoms. The van der Waals surface area contributed by atoms with Gasteiger partial charge in [0.25, 0.3) is 0 Å². The van der Waals surface area contributed by atoms with Gasteiger partial charge < -0.3 is 10.4 Å². The van der Waals surface area contributed by atoms with Crippen molar-refractivity contribution in [3.8, 4) is 0 Å². The summed E-state index contributed by atoms with van der Waals surface area (Å²) in [5.41, 5.74) is 0. The molecule has 20 heavy (non-hydrogen) atoms. The van der Waals surface area contributed by atoms with Gasteiger partial charge in [-0.05, 0) is 37.1 Å². The molecular formula is C15H20ClNO2S. The first-order valence-electron chi connectivity index (χ1n) is 7.01. The number of amides is 1. The number of halogens is 1. The molecule has 2 unspecified atom stereocenters. The van der Waals surface area contributed by atoms with Crippen molar-refractivity contribution in [2.45, 2.75) is 49.1 Å². The zero-order chi connectivity index (χ0) is 14.4. The topological polar surface area (TPSA) is 49.3 Å². The Morgan fingerprint density at radius 3 is 2.70 bits per heavy atom. The Kier molecular flexibility index (Phi) is 6.20. The van der Waals surface area contributed by atoms with Crippen LogP contribution in [0, 0.1) is 0 Å². The van der Waals surface area contributed by atoms with Crippen molar-refractivity contribution < 1.29 is 9.90 Å². The third-order valence-electron chi connectivity index (χ3n) is 3.51. The number of carbonyl (C=O) groups is 1. The fourth-order valence-corrected chi connectivity index (χ4v) is 3.22. The van der Waals surface area contributed by atoms with Gasteiger partial charge in [0, 0.05) is 9.92 Å². The number of thioether (sulfide) groups is 1. The van der Waals surface area contributed by atoms with Gasteiger partial charge in [-0.1, -0.05) is 30.9 Å². The van der Waals surface area contributed by atoms with Crippen LogP contribution in [0.15, 0.2) is 29.2 Å². The van der Waals surface area contributed by atoms with Crippen LogP contribution < -0.4 is 5.32 Å². The predicted molar refractivity (Wildman–Crippen MR) is 83.2 cm³/mol. The molecule has 1 aromatic carbocycles. The maximum atomic E-state index is 11.9. The molecule has 1 aliphatic carbocycles. The smallest absolute Gasteiger partial charge is 0.230 e. The second-order valence-electron chi connectivity index (χ2n) is 5.12. The van der Waals surface area contributed by atoms with E-state index in [1.54, 1.807) is 0 Å². The van der Waals surface area contributed by atoms with Crippen LogP contribution >= 0.6 is 23.4 Å². The van der Waals surface area contributed by atoms with Crippen molar-refractivity contribution in [2.75, 3.05) is 5.75 Å². The molecule has 0 radical (unpaired) electrons. The minimum atomic E-state index is -0.401. The Balaban J connectivity index is 1.78. The van der Waals surface area contributed by atoms with Gasteiger partial charge in [0.05, 0.1) is 17.9 Å². The number of hydrogen-bond donors (Lipinski definition) is 2. The average molecular weight is 314 g/mol. The van der Waals surface area contributed by atoms with Gasteiger partial charge in [-0.15, -0.1) is 11.8 Å². The third kappa shape index (κ3) is 5.00. The molecule has 1 aliphatic rings. The summed E-state index contributed by atoms with van der Waals surface area (Å²) < 4.78 is 0. The standard InChI is InChI=1S/C15H20ClNO2S/c16-11-6-8-12(9-7-11)20-10-15(19)17-13-4-2-1-3-5-14(13)18/h6-9,13-14,18H,1-5,10H2,(H,17,19). The van der Waals surface area contributed by atoms with Gasteiger partial charge in [-0.25, -0.2) is 0 Å². The molecule has 0 aliphatic heterocycles. The lowest BCUT2D eigenvalue weighted by Crippen LogP contribution is -2.43. The molecule has 1 aromatic rings. The van der Waals surface area contributed by atoms with Gasteiger partial charge in [0.1, 0.15) is 0 Å². The Morgan fingerprint density at radius 1 is 1.25 bits per heavy atom. The lowest BCUT2D eigenvalue weighted by atomic mass is 10.1. The first-order valence-corrected chi connectivity index (χ1v) is 8.37. The van der Waals surface area contributed by atoms with Crippen LogP contribution in [0.1, 0.15) is 32.1 Å². The number of aliphatic hydroxyl groups is 1. The average Bonchev–Trinajstić information content (AvgIpc) is 2.64. The van der Waals surface area contributed by atoms with Crippen molar-refractivity contribution in [1.82, 2.24) is 5.32 Å². The van der Waals surface area contributed by atoms with Crippen molar-refractivity contribution in [3.05, 3.63) is 29.3 Å². The largest absolute Gasteiger partial charge is 0.391 e. The van der Waals surface area contributed by atoms with Gasteiger partial charge >= 0.3 is 0 Å². The van der Waals surface area contributed by atoms with Crippen LogP contribution in [0.25, 0.3) is 0 Å². The van der Waals surface area contributed by atoms with Crippen LogP contribution in [0.3, 0.4) is 0 Å². The van der Waals surface area contributed by atoms with E-state index in [4.69, 9.17) is 11.6 Å². The summed E-state index contributed by atoms with van der Waals surface area (Å²) in [4.78, 5) is 13.0. The molecule has 1 amide bonds. The molecule has 0 heterocycles. The fraction of sp³-hybridized carbons (Fsp3) is 0.533. The highest BCUT2D eigenvalue weighted by Crippen LogP contribution is 2.21. The predicted octanol–water partition coefficient (Wildman–Crippen LogP) is 3.24. The lowest BCUT2D eigenvalue weighted by Gasteiger charge is -2.21. The van der Waals surface area contributed by atoms with E-state index in [1.165, 1.54) is 11.8 Å². The number of nitrogens with one attached hydrogen (secondary N) is 1. The highest BCUT2D eigenvalue weighted by Gasteiger charge is 2.22. The van der Waals surface area contributed by atoms with Gasteiger partial charge in [0.15, 0.2) is 0 Å². The maximum Gasteiger partial charge on any atom is 0.230 e. The molecule has 0 spiro atoms. The Hall–Kier alpha value is -0.710. The number of benzene rings is 1. The summed E-state index contributed by atoms with van der Waals surface area (Å²) in [6.07, 6.45) is 4.53. The van der Waals surface area contributed by atoms with E-state index in [2.05, 4.69) is 5.32 Å². The first kappa shape index (κ1) is 15.7. The highest BCUT2D eigenvalue weighted by atomic mass is 35.5. The van der Waals surface area contributed by atoms with Crippen molar-refractivity contribution in [1.29, 1.82) is 0 Å². The molecule has 2 rings (SSSR count). The van der Waals surface area contributed by atoms with E-state index < -0.39 is 6.10 Å². The Morgan fingerprint density at radius 2 is 1.95 bits per heavy atom. The van der Waals surface area contributed by atoms with Crippen molar-refractivity contribution >= 4 is 29.3 Å². The molecular weight excluding hydrogens is 294 g/mol. The summed E-state index contributed by atoms with van der Waals surface area (Å²) >= 11 is 7.30. The monoisotopic (exact) mass is 313 g/mol. The number of carbonyl (C=O) groups excluding carboxylic acids is 1. The van der Waals surface area contributed by atoms with E-state index in [1.807, 2.05) is 24.3 Å². The zero-order valence-electron chi connectivity index (χ0n) is 11.3. The summed E-state index contributed by atoms with van der Waals surface area (Å²) in [6, 6.07) is 7.35. The van der Waals surface area contributed by atoms with E-state index >= 15 is 0 Å². The van der Waals surface area contributed by atoms with Gasteiger partial charge in [0.2, 0.25) is 5.91 Å². The van der Waals surface area contributed by atoms with Crippen LogP contribution in [0.5, 0.6) is 0 Å². The second kappa shape index (κ2) is 7.91. The highest BCUT2D eigenvalue weighted by molar-refractivity contribution is 8.00. The summed E-state index contributed by atoms with van der Waals surface area (Å²) in [7, 11) is 0. The molecule has 110 valence electrons. The number of aliphatic hydroxyl groups excluding tert-OH is 1. The van der Waals surface area contributed by atoms with Crippen LogP contribution in [0.2, 0.25) is 5.02 Å². The van der Waals surface area contributed by atoms with Crippen LogP contribution in [-0.2, 0) is 4.79 Å². The quantitative estimate of drug-likeness (QED) is 0.662. The normalized spacial score (nSPS) is 23.1. The third-order valence-corrected chi connectivity index (χ3v) is 4.77. The lowest BCUT2D eigenvalue weighted by molar-refractivity contribution is -0.120. The maximum absolute atomic E-state index is 11.9. The van der Waals surface area contributed by atoms with E-state index in [0.29, 0.717) is 10.8 Å². The summed E-state index contributed by atoms with van der Waals surface area (Å²) in [6.45, 7) is 0. The molecule has 3 nitrogen and oxygen atoms in total. The molecule has 1 saturated carbocycles. The minimum Gasteiger partial charge on any atom is -0.391 e. The minimum absolute atomic E-state index is 0.0177. The first-order chi connectivity index (χ1) is 9.65. The van der Waals surface area contributed by atoms with Gasteiger partial charge in [-0.3, -0.25) is 4.79 Å².